The standard InChI is InChI=1S/C72H132N2O21/c1-4-6-8-10-12-14-16-18-20-22-23-24-25-26-27-28-29-30-31-33-35-37-39-41-43-45-54(79)53(74-59(82)46-44-42-40-38-36-34-32-21-19-17-15-13-11-9-7-5-2)51-90-69-64(86)63(85)66(58(50-77)92-69)93-70-65(87)68(62(84)57(49-76)91-70)95-72(71(88)89)47-55(80)60(73-52(3)78)67(94-72)61(83)56(81)48-75/h21,32,43,45,53-58,60-70,75-77,79-81,83-87H,4-20,22-31,33-42,44,46-51H2,1-3H3,(H,73,78)(H,74,82)(H,88,89)/b32-21-,45-43+. The summed E-state index contributed by atoms with van der Waals surface area (Å²) >= 11 is 0. The third-order valence-corrected chi connectivity index (χ3v) is 18.9. The highest BCUT2D eigenvalue weighted by Gasteiger charge is 2.60. The second-order valence-corrected chi connectivity index (χ2v) is 27.2. The van der Waals surface area contributed by atoms with Crippen molar-refractivity contribution in [1.82, 2.24) is 10.6 Å². The van der Waals surface area contributed by atoms with E-state index >= 15 is 0 Å². The zero-order valence-electron chi connectivity index (χ0n) is 58.3. The summed E-state index contributed by atoms with van der Waals surface area (Å²) in [6.07, 6.45) is 25.1. The van der Waals surface area contributed by atoms with Gasteiger partial charge in [-0.25, -0.2) is 4.79 Å². The maximum Gasteiger partial charge on any atom is 0.364 e. The highest BCUT2D eigenvalue weighted by Crippen LogP contribution is 2.39. The van der Waals surface area contributed by atoms with E-state index in [0.29, 0.717) is 12.8 Å². The first-order valence-corrected chi connectivity index (χ1v) is 37.2. The number of allylic oxidation sites excluding steroid dienone is 3. The number of amides is 2. The number of unbranched alkanes of at least 4 members (excludes halogenated alkanes) is 35. The van der Waals surface area contributed by atoms with Crippen LogP contribution in [0.25, 0.3) is 0 Å². The van der Waals surface area contributed by atoms with Gasteiger partial charge in [-0.3, -0.25) is 9.59 Å². The normalized spacial score (nSPS) is 27.8. The van der Waals surface area contributed by atoms with Crippen LogP contribution in [0.15, 0.2) is 24.3 Å². The van der Waals surface area contributed by atoms with Crippen LogP contribution >= 0.6 is 0 Å². The summed E-state index contributed by atoms with van der Waals surface area (Å²) in [5, 5.41) is 136. The molecule has 0 aliphatic carbocycles. The van der Waals surface area contributed by atoms with Gasteiger partial charge in [-0.05, 0) is 44.9 Å². The molecule has 0 aromatic rings. The number of hydrogen-bond donors (Lipinski definition) is 14. The Morgan fingerprint density at radius 3 is 1.43 bits per heavy atom. The summed E-state index contributed by atoms with van der Waals surface area (Å²) in [6.45, 7) is 2.15. The van der Waals surface area contributed by atoms with E-state index in [4.69, 9.17) is 28.4 Å². The Morgan fingerprint density at radius 2 is 0.989 bits per heavy atom. The SMILES string of the molecule is CCCCCCCCC/C=C\CCCCCCCC(=O)NC(COC1OC(CO)C(OC2OC(CO)C(O)C(OC3(C(=O)O)CC(O)C(NC(C)=O)C(C(O)C(O)CO)O3)C2O)C(O)C1O)C(O)/C=C/CCCCCCCCCCCCCCCCCCCCCCCCC. The molecule has 0 radical (unpaired) electrons. The van der Waals surface area contributed by atoms with Crippen LogP contribution in [0.3, 0.4) is 0 Å². The van der Waals surface area contributed by atoms with Crippen molar-refractivity contribution in [2.24, 2.45) is 0 Å². The Labute approximate surface area is 568 Å². The maximum atomic E-state index is 13.5. The van der Waals surface area contributed by atoms with Gasteiger partial charge in [0.25, 0.3) is 5.79 Å². The molecule has 3 saturated heterocycles. The molecule has 23 nitrogen and oxygen atoms in total. The van der Waals surface area contributed by atoms with Crippen molar-refractivity contribution in [3.05, 3.63) is 24.3 Å². The van der Waals surface area contributed by atoms with Crippen LogP contribution in [0.1, 0.15) is 278 Å². The van der Waals surface area contributed by atoms with E-state index in [-0.39, 0.29) is 12.3 Å². The Hall–Kier alpha value is -2.79. The van der Waals surface area contributed by atoms with E-state index in [1.807, 2.05) is 6.08 Å². The average Bonchev–Trinajstić information content (AvgIpc) is 0.758. The Morgan fingerprint density at radius 1 is 0.547 bits per heavy atom. The number of aliphatic hydroxyl groups is 11. The minimum atomic E-state index is -3.08. The average molecular weight is 1360 g/mol. The molecular weight excluding hydrogens is 1230 g/mol. The topological polar surface area (TPSA) is 373 Å². The van der Waals surface area contributed by atoms with E-state index in [1.165, 1.54) is 173 Å². The smallest absolute Gasteiger partial charge is 0.364 e. The van der Waals surface area contributed by atoms with Crippen LogP contribution in [0, 0.1) is 0 Å². The number of hydrogen-bond acceptors (Lipinski definition) is 20. The second kappa shape index (κ2) is 52.2. The first-order chi connectivity index (χ1) is 45.9. The van der Waals surface area contributed by atoms with Crippen molar-refractivity contribution < 1.29 is 104 Å². The number of rotatable bonds is 57. The van der Waals surface area contributed by atoms with E-state index in [2.05, 4.69) is 36.6 Å². The molecule has 3 rings (SSSR count). The largest absolute Gasteiger partial charge is 0.477 e. The molecule has 18 atom stereocenters. The zero-order valence-corrected chi connectivity index (χ0v) is 58.3. The molecule has 0 spiro atoms. The lowest BCUT2D eigenvalue weighted by Crippen LogP contribution is -2.70. The zero-order chi connectivity index (χ0) is 69.6. The van der Waals surface area contributed by atoms with Crippen molar-refractivity contribution in [1.29, 1.82) is 0 Å². The first-order valence-electron chi connectivity index (χ1n) is 37.2. The molecule has 0 bridgehead atoms. The molecule has 0 aromatic heterocycles. The number of nitrogens with one attached hydrogen (secondary N) is 2. The summed E-state index contributed by atoms with van der Waals surface area (Å²) in [6, 6.07) is -2.62. The molecule has 0 aromatic carbocycles. The number of carbonyl (C=O) groups excluding carboxylic acids is 2. The number of carboxylic acid groups (broad SMARTS) is 1. The summed E-state index contributed by atoms with van der Waals surface area (Å²) < 4.78 is 34.8. The van der Waals surface area contributed by atoms with Crippen LogP contribution < -0.4 is 10.6 Å². The van der Waals surface area contributed by atoms with Gasteiger partial charge in [0.1, 0.15) is 67.1 Å². The monoisotopic (exact) mass is 1360 g/mol. The molecule has 3 aliphatic rings. The van der Waals surface area contributed by atoms with Gasteiger partial charge in [0.15, 0.2) is 12.6 Å². The molecule has 3 aliphatic heterocycles. The van der Waals surface area contributed by atoms with Crippen molar-refractivity contribution in [3.8, 4) is 0 Å². The predicted molar refractivity (Wildman–Crippen MR) is 361 cm³/mol. The Bertz CT molecular complexity index is 2010. The van der Waals surface area contributed by atoms with Gasteiger partial charge in [0.2, 0.25) is 11.8 Å². The van der Waals surface area contributed by atoms with Crippen LogP contribution in [-0.2, 0) is 42.8 Å². The Balaban J connectivity index is 1.56. The van der Waals surface area contributed by atoms with Gasteiger partial charge >= 0.3 is 5.97 Å². The van der Waals surface area contributed by atoms with Gasteiger partial charge < -0.3 is 100 Å². The lowest BCUT2D eigenvalue weighted by atomic mass is 9.88. The number of carboxylic acids is 1. The highest BCUT2D eigenvalue weighted by atomic mass is 16.8. The number of ether oxygens (including phenoxy) is 6. The van der Waals surface area contributed by atoms with Crippen molar-refractivity contribution in [3.63, 3.8) is 0 Å². The van der Waals surface area contributed by atoms with Crippen LogP contribution in [0.4, 0.5) is 0 Å². The fourth-order valence-electron chi connectivity index (χ4n) is 12.9. The summed E-state index contributed by atoms with van der Waals surface area (Å²) in [5.41, 5.74) is 0. The Kier molecular flexibility index (Phi) is 47.5. The quantitative estimate of drug-likeness (QED) is 0.0202. The molecule has 3 heterocycles. The van der Waals surface area contributed by atoms with Gasteiger partial charge in [-0.1, -0.05) is 237 Å². The van der Waals surface area contributed by atoms with Crippen LogP contribution in [0.2, 0.25) is 0 Å². The first kappa shape index (κ1) is 86.4. The van der Waals surface area contributed by atoms with Crippen LogP contribution in [0.5, 0.6) is 0 Å². The highest BCUT2D eigenvalue weighted by molar-refractivity contribution is 5.77. The molecule has 2 amide bonds. The van der Waals surface area contributed by atoms with E-state index < -0.39 is 155 Å². The fraction of sp³-hybridized carbons (Fsp3) is 0.903. The lowest BCUT2D eigenvalue weighted by Gasteiger charge is -2.50. The van der Waals surface area contributed by atoms with E-state index in [0.717, 1.165) is 64.7 Å². The molecule has 14 N–H and O–H groups in total. The lowest BCUT2D eigenvalue weighted by molar-refractivity contribution is -0.386. The number of aliphatic carboxylic acids is 1. The molecule has 18 unspecified atom stereocenters. The molecule has 0 saturated carbocycles. The van der Waals surface area contributed by atoms with Crippen LogP contribution in [-0.4, -0.2) is 215 Å². The fourth-order valence-corrected chi connectivity index (χ4v) is 12.9. The van der Waals surface area contributed by atoms with Crippen molar-refractivity contribution >= 4 is 17.8 Å². The molecule has 556 valence electrons. The van der Waals surface area contributed by atoms with Gasteiger partial charge in [0.05, 0.1) is 50.7 Å². The van der Waals surface area contributed by atoms with Gasteiger partial charge in [-0.15, -0.1) is 0 Å². The summed E-state index contributed by atoms with van der Waals surface area (Å²) in [4.78, 5) is 38.6. The predicted octanol–water partition coefficient (Wildman–Crippen LogP) is 8.01. The number of aliphatic hydroxyl groups excluding tert-OH is 11. The summed E-state index contributed by atoms with van der Waals surface area (Å²) in [7, 11) is 0. The third kappa shape index (κ3) is 34.0. The van der Waals surface area contributed by atoms with Gasteiger partial charge in [0, 0.05) is 19.8 Å². The van der Waals surface area contributed by atoms with Crippen molar-refractivity contribution in [2.75, 3.05) is 26.4 Å². The minimum Gasteiger partial charge on any atom is -0.477 e. The molecular formula is C72H132N2O21. The molecule has 23 heteroatoms. The maximum absolute atomic E-state index is 13.5. The third-order valence-electron chi connectivity index (χ3n) is 18.9. The molecule has 95 heavy (non-hydrogen) atoms. The minimum absolute atomic E-state index is 0.191. The molecule has 3 fully saturated rings. The van der Waals surface area contributed by atoms with Gasteiger partial charge in [-0.2, -0.15) is 0 Å². The van der Waals surface area contributed by atoms with Crippen molar-refractivity contribution in [2.45, 2.75) is 387 Å². The number of carbonyl (C=O) groups is 3. The van der Waals surface area contributed by atoms with E-state index in [1.54, 1.807) is 6.08 Å². The second-order valence-electron chi connectivity index (χ2n) is 27.2. The summed E-state index contributed by atoms with van der Waals surface area (Å²) in [5.74, 6) is -6.15. The van der Waals surface area contributed by atoms with E-state index in [9.17, 15) is 75.7 Å².